The van der Waals surface area contributed by atoms with Crippen LogP contribution in [-0.2, 0) is 14.6 Å². The molecule has 1 amide bonds. The van der Waals surface area contributed by atoms with Gasteiger partial charge in [-0.05, 0) is 6.42 Å². The van der Waals surface area contributed by atoms with Crippen LogP contribution in [0.1, 0.15) is 12.8 Å². The van der Waals surface area contributed by atoms with Crippen molar-refractivity contribution in [2.24, 2.45) is 5.73 Å². The topological polar surface area (TPSA) is 89.3 Å². The highest BCUT2D eigenvalue weighted by molar-refractivity contribution is 7.90. The average Bonchev–Trinajstić information content (AvgIpc) is 2.13. The maximum atomic E-state index is 11.2. The second kappa shape index (κ2) is 6.43. The lowest BCUT2D eigenvalue weighted by molar-refractivity contribution is -0.122. The van der Waals surface area contributed by atoms with Crippen LogP contribution in [0.15, 0.2) is 0 Å². The van der Waals surface area contributed by atoms with Crippen molar-refractivity contribution in [2.75, 3.05) is 18.6 Å². The normalized spacial score (nSPS) is 12.9. The summed E-state index contributed by atoms with van der Waals surface area (Å²) in [6.45, 7) is 0.363. The molecule has 6 heteroatoms. The fourth-order valence-corrected chi connectivity index (χ4v) is 1.54. The number of carbonyl (C=O) groups is 1. The predicted octanol–water partition coefficient (Wildman–Crippen LogP) is -1.11. The molecule has 15 heavy (non-hydrogen) atoms. The molecule has 0 bridgehead atoms. The smallest absolute Gasteiger partial charge is 0.236 e. The summed E-state index contributed by atoms with van der Waals surface area (Å²) in [6.07, 6.45) is 6.66. The summed E-state index contributed by atoms with van der Waals surface area (Å²) in [5, 5.41) is 2.52. The lowest BCUT2D eigenvalue weighted by atomic mass is 10.2. The minimum atomic E-state index is -3.07. The van der Waals surface area contributed by atoms with Gasteiger partial charge in [-0.15, -0.1) is 12.3 Å². The van der Waals surface area contributed by atoms with Gasteiger partial charge in [0.25, 0.3) is 0 Å². The van der Waals surface area contributed by atoms with Crippen molar-refractivity contribution in [3.05, 3.63) is 0 Å². The van der Waals surface area contributed by atoms with Gasteiger partial charge in [0.15, 0.2) is 0 Å². The molecule has 1 unspecified atom stereocenters. The van der Waals surface area contributed by atoms with Gasteiger partial charge in [-0.1, -0.05) is 0 Å². The molecule has 0 aromatic carbocycles. The number of nitrogens with one attached hydrogen (secondary N) is 1. The van der Waals surface area contributed by atoms with Gasteiger partial charge in [-0.3, -0.25) is 4.79 Å². The summed E-state index contributed by atoms with van der Waals surface area (Å²) < 4.78 is 21.6. The molecule has 0 aliphatic rings. The molecular weight excluding hydrogens is 216 g/mol. The Morgan fingerprint density at radius 2 is 2.20 bits per heavy atom. The number of hydrogen-bond donors (Lipinski definition) is 2. The van der Waals surface area contributed by atoms with E-state index >= 15 is 0 Å². The molecule has 0 rings (SSSR count). The first kappa shape index (κ1) is 13.9. The van der Waals surface area contributed by atoms with Crippen LogP contribution in [0.5, 0.6) is 0 Å². The molecule has 0 aromatic heterocycles. The van der Waals surface area contributed by atoms with Crippen LogP contribution in [0.25, 0.3) is 0 Å². The fraction of sp³-hybridized carbons (Fsp3) is 0.667. The second-order valence-electron chi connectivity index (χ2n) is 3.27. The van der Waals surface area contributed by atoms with Crippen molar-refractivity contribution in [2.45, 2.75) is 18.9 Å². The van der Waals surface area contributed by atoms with Crippen LogP contribution in [0.2, 0.25) is 0 Å². The minimum absolute atomic E-state index is 0.0866. The lowest BCUT2D eigenvalue weighted by Crippen LogP contribution is -2.41. The van der Waals surface area contributed by atoms with Crippen LogP contribution in [0.4, 0.5) is 0 Å². The summed E-state index contributed by atoms with van der Waals surface area (Å²) >= 11 is 0. The molecule has 0 aliphatic carbocycles. The van der Waals surface area contributed by atoms with E-state index in [1.165, 1.54) is 0 Å². The maximum Gasteiger partial charge on any atom is 0.236 e. The average molecular weight is 232 g/mol. The van der Waals surface area contributed by atoms with Crippen molar-refractivity contribution < 1.29 is 13.2 Å². The summed E-state index contributed by atoms with van der Waals surface area (Å²) in [5.41, 5.74) is 5.48. The van der Waals surface area contributed by atoms with E-state index in [2.05, 4.69) is 11.2 Å². The number of carbonyl (C=O) groups excluding carboxylic acids is 1. The van der Waals surface area contributed by atoms with Gasteiger partial charge in [0, 0.05) is 19.2 Å². The van der Waals surface area contributed by atoms with Crippen molar-refractivity contribution in [1.29, 1.82) is 0 Å². The zero-order valence-corrected chi connectivity index (χ0v) is 9.51. The molecule has 0 saturated carbocycles. The third kappa shape index (κ3) is 7.97. The van der Waals surface area contributed by atoms with E-state index in [1.54, 1.807) is 0 Å². The maximum absolute atomic E-state index is 11.2. The first-order valence-corrected chi connectivity index (χ1v) is 6.57. The Morgan fingerprint density at radius 1 is 1.60 bits per heavy atom. The number of hydrogen-bond acceptors (Lipinski definition) is 4. The van der Waals surface area contributed by atoms with Gasteiger partial charge in [-0.2, -0.15) is 0 Å². The van der Waals surface area contributed by atoms with Crippen molar-refractivity contribution in [3.63, 3.8) is 0 Å². The zero-order chi connectivity index (χ0) is 11.9. The quantitative estimate of drug-likeness (QED) is 0.449. The Labute approximate surface area is 90.3 Å². The SMILES string of the molecule is C#CCCNC(=O)C(N)CCS(C)(=O)=O. The Hall–Kier alpha value is -1.06. The van der Waals surface area contributed by atoms with Crippen LogP contribution in [0.3, 0.4) is 0 Å². The number of nitrogens with two attached hydrogens (primary N) is 1. The van der Waals surface area contributed by atoms with E-state index in [-0.39, 0.29) is 18.1 Å². The molecule has 3 N–H and O–H groups in total. The lowest BCUT2D eigenvalue weighted by Gasteiger charge is -2.10. The number of rotatable bonds is 6. The number of sulfone groups is 1. The second-order valence-corrected chi connectivity index (χ2v) is 5.53. The Bertz CT molecular complexity index is 343. The van der Waals surface area contributed by atoms with E-state index in [9.17, 15) is 13.2 Å². The molecule has 0 aliphatic heterocycles. The van der Waals surface area contributed by atoms with Crippen LogP contribution in [0, 0.1) is 12.3 Å². The number of amides is 1. The monoisotopic (exact) mass is 232 g/mol. The highest BCUT2D eigenvalue weighted by atomic mass is 32.2. The first-order chi connectivity index (χ1) is 6.87. The van der Waals surface area contributed by atoms with Gasteiger partial charge in [0.1, 0.15) is 9.84 Å². The highest BCUT2D eigenvalue weighted by Crippen LogP contribution is 1.93. The molecule has 5 nitrogen and oxygen atoms in total. The molecule has 0 fully saturated rings. The molecule has 0 radical (unpaired) electrons. The summed E-state index contributed by atoms with van der Waals surface area (Å²) in [7, 11) is -3.07. The van der Waals surface area contributed by atoms with Crippen molar-refractivity contribution in [1.82, 2.24) is 5.32 Å². The first-order valence-electron chi connectivity index (χ1n) is 4.51. The van der Waals surface area contributed by atoms with E-state index in [4.69, 9.17) is 12.2 Å². The van der Waals surface area contributed by atoms with E-state index in [0.29, 0.717) is 13.0 Å². The molecule has 86 valence electrons. The van der Waals surface area contributed by atoms with E-state index in [0.717, 1.165) is 6.26 Å². The van der Waals surface area contributed by atoms with Crippen molar-refractivity contribution >= 4 is 15.7 Å². The van der Waals surface area contributed by atoms with E-state index in [1.807, 2.05) is 0 Å². The molecule has 0 spiro atoms. The zero-order valence-electron chi connectivity index (χ0n) is 8.69. The van der Waals surface area contributed by atoms with Crippen LogP contribution in [-0.4, -0.2) is 38.9 Å². The molecular formula is C9H16N2O3S. The summed E-state index contributed by atoms with van der Waals surface area (Å²) in [4.78, 5) is 11.2. The summed E-state index contributed by atoms with van der Waals surface area (Å²) in [5.74, 6) is 1.91. The Balaban J connectivity index is 3.85. The van der Waals surface area contributed by atoms with Gasteiger partial charge < -0.3 is 11.1 Å². The van der Waals surface area contributed by atoms with Crippen LogP contribution < -0.4 is 11.1 Å². The highest BCUT2D eigenvalue weighted by Gasteiger charge is 2.14. The predicted molar refractivity (Wildman–Crippen MR) is 58.8 cm³/mol. The molecule has 0 heterocycles. The Kier molecular flexibility index (Phi) is 5.97. The number of terminal acetylenes is 1. The molecule has 0 aromatic rings. The standard InChI is InChI=1S/C9H16N2O3S/c1-3-4-6-11-9(12)8(10)5-7-15(2,13)14/h1,8H,4-7,10H2,2H3,(H,11,12). The Morgan fingerprint density at radius 3 is 2.67 bits per heavy atom. The van der Waals surface area contributed by atoms with Crippen molar-refractivity contribution in [3.8, 4) is 12.3 Å². The fourth-order valence-electron chi connectivity index (χ4n) is 0.861. The molecule has 0 saturated heterocycles. The summed E-state index contributed by atoms with van der Waals surface area (Å²) in [6, 6.07) is -0.794. The van der Waals surface area contributed by atoms with Gasteiger partial charge in [-0.25, -0.2) is 8.42 Å². The third-order valence-corrected chi connectivity index (χ3v) is 2.68. The van der Waals surface area contributed by atoms with Crippen LogP contribution >= 0.6 is 0 Å². The molecule has 1 atom stereocenters. The van der Waals surface area contributed by atoms with Gasteiger partial charge in [0.2, 0.25) is 5.91 Å². The van der Waals surface area contributed by atoms with E-state index < -0.39 is 15.9 Å². The van der Waals surface area contributed by atoms with Gasteiger partial charge >= 0.3 is 0 Å². The van der Waals surface area contributed by atoms with Gasteiger partial charge in [0.05, 0.1) is 11.8 Å². The third-order valence-electron chi connectivity index (χ3n) is 1.70. The minimum Gasteiger partial charge on any atom is -0.354 e. The largest absolute Gasteiger partial charge is 0.354 e.